The molecule has 2 fully saturated rings. The Labute approximate surface area is 221 Å². The fourth-order valence-electron chi connectivity index (χ4n) is 4.47. The van der Waals surface area contributed by atoms with E-state index >= 15 is 0 Å². The number of esters is 1. The number of anilines is 2. The molecule has 1 aliphatic carbocycles. The van der Waals surface area contributed by atoms with Crippen molar-refractivity contribution in [3.63, 3.8) is 0 Å². The minimum absolute atomic E-state index is 0.192. The summed E-state index contributed by atoms with van der Waals surface area (Å²) in [5.74, 6) is -2.73. The first kappa shape index (κ1) is 25.7. The van der Waals surface area contributed by atoms with Crippen LogP contribution in [0.2, 0.25) is 0 Å². The molecule has 0 aromatic heterocycles. The van der Waals surface area contributed by atoms with Crippen LogP contribution in [0.15, 0.2) is 46.9 Å². The number of nitrogens with zero attached hydrogens (tertiary/aromatic N) is 1. The lowest BCUT2D eigenvalue weighted by Crippen LogP contribution is -2.34. The molecule has 1 saturated heterocycles. The van der Waals surface area contributed by atoms with Crippen LogP contribution in [0.5, 0.6) is 0 Å². The van der Waals surface area contributed by atoms with Crippen LogP contribution < -0.4 is 10.2 Å². The third-order valence-electron chi connectivity index (χ3n) is 6.33. The number of aryl methyl sites for hydroxylation is 1. The monoisotopic (exact) mass is 580 g/mol. The lowest BCUT2D eigenvalue weighted by Gasteiger charge is -2.28. The number of hydrogen-bond acceptors (Lipinski definition) is 5. The van der Waals surface area contributed by atoms with E-state index in [0.29, 0.717) is 24.2 Å². The van der Waals surface area contributed by atoms with Gasteiger partial charge in [0.2, 0.25) is 11.8 Å². The summed E-state index contributed by atoms with van der Waals surface area (Å²) in [6, 6.07) is 11.4. The Morgan fingerprint density at radius 2 is 1.63 bits per heavy atom. The molecule has 1 saturated carbocycles. The highest BCUT2D eigenvalue weighted by molar-refractivity contribution is 9.10. The highest BCUT2D eigenvalue weighted by Gasteiger charge is 2.52. The first-order valence-electron chi connectivity index (χ1n) is 11.2. The van der Waals surface area contributed by atoms with Gasteiger partial charge < -0.3 is 10.1 Å². The summed E-state index contributed by atoms with van der Waals surface area (Å²) in [5.41, 5.74) is 2.16. The molecule has 0 bridgehead atoms. The zero-order chi connectivity index (χ0) is 25.3. The average molecular weight is 582 g/mol. The molecule has 0 unspecified atom stereocenters. The number of halogens is 3. The Morgan fingerprint density at radius 1 is 1.03 bits per heavy atom. The minimum Gasteiger partial charge on any atom is -0.452 e. The minimum atomic E-state index is -0.694. The molecule has 1 aliphatic heterocycles. The van der Waals surface area contributed by atoms with Crippen molar-refractivity contribution in [3.8, 4) is 0 Å². The summed E-state index contributed by atoms with van der Waals surface area (Å²) >= 11 is 15.8. The number of fused-ring (bicyclic) bond motifs is 1. The Bertz CT molecular complexity index is 1140. The van der Waals surface area contributed by atoms with Crippen LogP contribution in [0.3, 0.4) is 0 Å². The third kappa shape index (κ3) is 5.39. The Balaban J connectivity index is 1.37. The molecule has 3 amide bonds. The predicted octanol–water partition coefficient (Wildman–Crippen LogP) is 4.92. The van der Waals surface area contributed by atoms with E-state index in [1.165, 1.54) is 24.3 Å². The van der Waals surface area contributed by atoms with E-state index < -0.39 is 30.3 Å². The van der Waals surface area contributed by atoms with Crippen LogP contribution in [0.4, 0.5) is 11.4 Å². The average Bonchev–Trinajstić information content (AvgIpc) is 3.08. The number of rotatable bonds is 6. The molecule has 0 spiro atoms. The van der Waals surface area contributed by atoms with E-state index in [9.17, 15) is 19.2 Å². The Hall–Kier alpha value is -2.42. The first-order chi connectivity index (χ1) is 16.7. The van der Waals surface area contributed by atoms with Gasteiger partial charge in [-0.3, -0.25) is 19.3 Å². The van der Waals surface area contributed by atoms with Crippen molar-refractivity contribution in [1.29, 1.82) is 0 Å². The van der Waals surface area contributed by atoms with Crippen molar-refractivity contribution in [2.45, 2.75) is 36.9 Å². The molecule has 1 heterocycles. The maximum atomic E-state index is 12.9. The molecule has 4 rings (SSSR count). The highest BCUT2D eigenvalue weighted by atomic mass is 79.9. The smallest absolute Gasteiger partial charge is 0.338 e. The Morgan fingerprint density at radius 3 is 2.20 bits per heavy atom. The molecule has 2 aliphatic rings. The number of benzene rings is 2. The number of ether oxygens (including phenoxy) is 1. The van der Waals surface area contributed by atoms with Crippen molar-refractivity contribution < 1.29 is 23.9 Å². The number of carbonyl (C=O) groups is 4. The summed E-state index contributed by atoms with van der Waals surface area (Å²) in [5, 5.41) is 2.02. The standard InChI is InChI=1S/C25H23BrCl2N2O5/c1-2-13-9-15(26)5-8-21(13)29-22(31)12-35-25(34)14-3-6-16(7-4-14)30-23(32)17-10-19(27)20(28)11-18(17)24(30)33/h3-9,17-20H,2,10-12H2,1H3,(H,29,31)/t17-,18-,19+,20+/m1/s1. The van der Waals surface area contributed by atoms with Gasteiger partial charge in [0, 0.05) is 10.2 Å². The van der Waals surface area contributed by atoms with Gasteiger partial charge in [0.05, 0.1) is 33.8 Å². The summed E-state index contributed by atoms with van der Waals surface area (Å²) in [7, 11) is 0. The summed E-state index contributed by atoms with van der Waals surface area (Å²) < 4.78 is 6.04. The van der Waals surface area contributed by atoms with Crippen LogP contribution in [0, 0.1) is 11.8 Å². The van der Waals surface area contributed by atoms with E-state index in [-0.39, 0.29) is 28.1 Å². The van der Waals surface area contributed by atoms with Crippen LogP contribution in [0.1, 0.15) is 35.7 Å². The zero-order valence-corrected chi connectivity index (χ0v) is 21.9. The normalized spacial score (nSPS) is 23.7. The summed E-state index contributed by atoms with van der Waals surface area (Å²) in [6.07, 6.45) is 1.44. The number of alkyl halides is 2. The molecule has 2 aromatic rings. The second-order valence-electron chi connectivity index (χ2n) is 8.55. The van der Waals surface area contributed by atoms with Gasteiger partial charge >= 0.3 is 5.97 Å². The van der Waals surface area contributed by atoms with Crippen LogP contribution in [-0.2, 0) is 25.5 Å². The molecule has 2 aromatic carbocycles. The maximum absolute atomic E-state index is 12.9. The van der Waals surface area contributed by atoms with Crippen molar-refractivity contribution in [1.82, 2.24) is 0 Å². The molecule has 35 heavy (non-hydrogen) atoms. The summed E-state index contributed by atoms with van der Waals surface area (Å²) in [6.45, 7) is 1.52. The largest absolute Gasteiger partial charge is 0.452 e. The van der Waals surface area contributed by atoms with E-state index in [4.69, 9.17) is 27.9 Å². The quantitative estimate of drug-likeness (QED) is 0.297. The van der Waals surface area contributed by atoms with Crippen molar-refractivity contribution in [3.05, 3.63) is 58.1 Å². The zero-order valence-electron chi connectivity index (χ0n) is 18.8. The Kier molecular flexibility index (Phi) is 7.83. The predicted molar refractivity (Wildman–Crippen MR) is 137 cm³/mol. The second-order valence-corrected chi connectivity index (χ2v) is 10.6. The van der Waals surface area contributed by atoms with Gasteiger partial charge in [-0.05, 0) is 67.3 Å². The van der Waals surface area contributed by atoms with Gasteiger partial charge in [0.25, 0.3) is 5.91 Å². The van der Waals surface area contributed by atoms with Crippen LogP contribution in [-0.4, -0.2) is 41.1 Å². The molecular weight excluding hydrogens is 559 g/mol. The van der Waals surface area contributed by atoms with Gasteiger partial charge in [-0.2, -0.15) is 0 Å². The number of carbonyl (C=O) groups excluding carboxylic acids is 4. The fraction of sp³-hybridized carbons (Fsp3) is 0.360. The van der Waals surface area contributed by atoms with Gasteiger partial charge in [0.15, 0.2) is 6.61 Å². The molecule has 10 heteroatoms. The van der Waals surface area contributed by atoms with Crippen molar-refractivity contribution in [2.75, 3.05) is 16.8 Å². The van der Waals surface area contributed by atoms with Gasteiger partial charge in [-0.1, -0.05) is 22.9 Å². The molecule has 4 atom stereocenters. The first-order valence-corrected chi connectivity index (χ1v) is 12.9. The molecule has 7 nitrogen and oxygen atoms in total. The second kappa shape index (κ2) is 10.7. The van der Waals surface area contributed by atoms with Crippen molar-refractivity contribution >= 4 is 74.2 Å². The molecule has 184 valence electrons. The van der Waals surface area contributed by atoms with Gasteiger partial charge in [-0.15, -0.1) is 23.2 Å². The number of imide groups is 1. The van der Waals surface area contributed by atoms with Crippen LogP contribution >= 0.6 is 39.1 Å². The SMILES string of the molecule is CCc1cc(Br)ccc1NC(=O)COC(=O)c1ccc(N2C(=O)[C@@H]3C[C@H](Cl)[C@@H](Cl)C[C@H]3C2=O)cc1. The van der Waals surface area contributed by atoms with E-state index in [0.717, 1.165) is 21.4 Å². The van der Waals surface area contributed by atoms with Gasteiger partial charge in [-0.25, -0.2) is 4.79 Å². The summed E-state index contributed by atoms with van der Waals surface area (Å²) in [4.78, 5) is 51.6. The van der Waals surface area contributed by atoms with E-state index in [1.807, 2.05) is 19.1 Å². The topological polar surface area (TPSA) is 92.8 Å². The third-order valence-corrected chi connectivity index (χ3v) is 7.92. The lowest BCUT2D eigenvalue weighted by molar-refractivity contribution is -0.122. The van der Waals surface area contributed by atoms with Gasteiger partial charge in [0.1, 0.15) is 0 Å². The van der Waals surface area contributed by atoms with Crippen LogP contribution in [0.25, 0.3) is 0 Å². The molecular formula is C25H23BrCl2N2O5. The molecule has 1 N–H and O–H groups in total. The fourth-order valence-corrected chi connectivity index (χ4v) is 5.47. The molecule has 0 radical (unpaired) electrons. The number of hydrogen-bond donors (Lipinski definition) is 1. The van der Waals surface area contributed by atoms with E-state index in [2.05, 4.69) is 21.2 Å². The van der Waals surface area contributed by atoms with Crippen molar-refractivity contribution in [2.24, 2.45) is 11.8 Å². The van der Waals surface area contributed by atoms with E-state index in [1.54, 1.807) is 6.07 Å². The number of amides is 3. The lowest BCUT2D eigenvalue weighted by atomic mass is 9.80. The highest BCUT2D eigenvalue weighted by Crippen LogP contribution is 2.43. The maximum Gasteiger partial charge on any atom is 0.338 e. The number of nitrogens with one attached hydrogen (secondary N) is 1.